The van der Waals surface area contributed by atoms with Gasteiger partial charge in [-0.1, -0.05) is 37.3 Å². The van der Waals surface area contributed by atoms with E-state index in [4.69, 9.17) is 4.74 Å². The maximum atomic E-state index is 12.8. The summed E-state index contributed by atoms with van der Waals surface area (Å²) in [5.41, 5.74) is -0.562. The Bertz CT molecular complexity index is 590. The second-order valence-electron chi connectivity index (χ2n) is 6.14. The molecule has 4 nitrogen and oxygen atoms in total. The number of ether oxygens (including phenoxy) is 1. The summed E-state index contributed by atoms with van der Waals surface area (Å²) in [6.45, 7) is 7.63. The molecule has 5 heteroatoms. The number of esters is 1. The third-order valence-corrected chi connectivity index (χ3v) is 4.13. The van der Waals surface area contributed by atoms with Crippen molar-refractivity contribution in [1.82, 2.24) is 0 Å². The van der Waals surface area contributed by atoms with Gasteiger partial charge in [-0.15, -0.1) is 11.8 Å². The van der Waals surface area contributed by atoms with E-state index in [0.29, 0.717) is 11.5 Å². The average molecular weight is 318 g/mol. The molecular formula is C17H22N2O2S. The molecule has 118 valence electrons. The van der Waals surface area contributed by atoms with Crippen molar-refractivity contribution in [1.29, 1.82) is 0 Å². The Kier molecular flexibility index (Phi) is 5.06. The molecule has 0 fully saturated rings. The number of nitrogens with zero attached hydrogens (tertiary/aromatic N) is 2. The van der Waals surface area contributed by atoms with Crippen LogP contribution in [0.1, 0.15) is 33.3 Å². The molecule has 0 saturated carbocycles. The number of carbonyl (C=O) groups excluding carboxylic acids is 1. The van der Waals surface area contributed by atoms with Gasteiger partial charge in [0.15, 0.2) is 0 Å². The highest BCUT2D eigenvalue weighted by Gasteiger charge is 2.48. The van der Waals surface area contributed by atoms with Crippen molar-refractivity contribution in [3.63, 3.8) is 0 Å². The largest absolute Gasteiger partial charge is 0.458 e. The van der Waals surface area contributed by atoms with E-state index in [2.05, 4.69) is 9.98 Å². The predicted octanol–water partition coefficient (Wildman–Crippen LogP) is 3.50. The van der Waals surface area contributed by atoms with Gasteiger partial charge in [0.2, 0.25) is 5.54 Å². The number of hydrogen-bond acceptors (Lipinski definition) is 5. The molecule has 0 saturated heterocycles. The van der Waals surface area contributed by atoms with Crippen LogP contribution in [0.25, 0.3) is 0 Å². The lowest BCUT2D eigenvalue weighted by atomic mass is 9.92. The number of rotatable bonds is 4. The zero-order chi connectivity index (χ0) is 16.2. The number of benzene rings is 1. The highest BCUT2D eigenvalue weighted by atomic mass is 32.2. The van der Waals surface area contributed by atoms with Crippen molar-refractivity contribution in [2.45, 2.75) is 45.3 Å². The minimum Gasteiger partial charge on any atom is -0.458 e. The van der Waals surface area contributed by atoms with Gasteiger partial charge in [0.05, 0.1) is 0 Å². The van der Waals surface area contributed by atoms with Crippen LogP contribution in [0.3, 0.4) is 0 Å². The first kappa shape index (κ1) is 16.7. The molecule has 1 aliphatic heterocycles. The lowest BCUT2D eigenvalue weighted by molar-refractivity contribution is -0.158. The highest BCUT2D eigenvalue weighted by Crippen LogP contribution is 2.32. The Hall–Kier alpha value is -1.62. The summed E-state index contributed by atoms with van der Waals surface area (Å²) >= 11 is 1.54. The molecule has 0 N–H and O–H groups in total. The van der Waals surface area contributed by atoms with E-state index in [1.165, 1.54) is 6.34 Å². The van der Waals surface area contributed by atoms with Gasteiger partial charge in [0, 0.05) is 6.42 Å². The molecule has 1 aliphatic rings. The molecule has 1 atom stereocenters. The molecule has 0 amide bonds. The number of hydrogen-bond donors (Lipinski definition) is 0. The first-order chi connectivity index (χ1) is 10.4. The van der Waals surface area contributed by atoms with Crippen LogP contribution in [-0.4, -0.2) is 34.2 Å². The van der Waals surface area contributed by atoms with Gasteiger partial charge in [-0.3, -0.25) is 0 Å². The Labute approximate surface area is 136 Å². The van der Waals surface area contributed by atoms with Crippen LogP contribution in [0.2, 0.25) is 0 Å². The Morgan fingerprint density at radius 1 is 1.27 bits per heavy atom. The van der Waals surface area contributed by atoms with Crippen molar-refractivity contribution in [3.8, 4) is 0 Å². The standard InChI is InChI=1S/C17H22N2O2S/c1-5-22-14-17(19-12-18-14,15(20)21-16(2,3)4)11-13-9-7-6-8-10-13/h6-10,12H,5,11H2,1-4H3. The molecule has 0 bridgehead atoms. The summed E-state index contributed by atoms with van der Waals surface area (Å²) in [6, 6.07) is 9.86. The third kappa shape index (κ3) is 3.77. The molecule has 22 heavy (non-hydrogen) atoms. The van der Waals surface area contributed by atoms with E-state index in [9.17, 15) is 4.79 Å². The van der Waals surface area contributed by atoms with Crippen LogP contribution in [0, 0.1) is 0 Å². The van der Waals surface area contributed by atoms with E-state index < -0.39 is 11.1 Å². The number of carbonyl (C=O) groups is 1. The zero-order valence-corrected chi connectivity index (χ0v) is 14.3. The fourth-order valence-corrected chi connectivity index (χ4v) is 3.06. The average Bonchev–Trinajstić information content (AvgIpc) is 2.83. The minimum atomic E-state index is -1.05. The molecule has 1 unspecified atom stereocenters. The van der Waals surface area contributed by atoms with Crippen molar-refractivity contribution < 1.29 is 9.53 Å². The summed E-state index contributed by atoms with van der Waals surface area (Å²) in [5, 5.41) is 0.716. The fraction of sp³-hybridized carbons (Fsp3) is 0.471. The first-order valence-electron chi connectivity index (χ1n) is 7.39. The summed E-state index contributed by atoms with van der Waals surface area (Å²) in [5.74, 6) is 0.499. The minimum absolute atomic E-state index is 0.336. The summed E-state index contributed by atoms with van der Waals surface area (Å²) in [6.07, 6.45) is 1.94. The number of aliphatic imine (C=N–C) groups is 2. The fourth-order valence-electron chi connectivity index (χ4n) is 2.22. The topological polar surface area (TPSA) is 51.0 Å². The monoisotopic (exact) mass is 318 g/mol. The van der Waals surface area contributed by atoms with Gasteiger partial charge in [-0.25, -0.2) is 14.8 Å². The lowest BCUT2D eigenvalue weighted by Gasteiger charge is -2.30. The molecule has 0 aliphatic carbocycles. The van der Waals surface area contributed by atoms with E-state index in [1.807, 2.05) is 58.0 Å². The molecular weight excluding hydrogens is 296 g/mol. The summed E-state index contributed by atoms with van der Waals surface area (Å²) in [7, 11) is 0. The van der Waals surface area contributed by atoms with Crippen molar-refractivity contribution in [3.05, 3.63) is 35.9 Å². The van der Waals surface area contributed by atoms with Crippen LogP contribution in [0.15, 0.2) is 40.3 Å². The van der Waals surface area contributed by atoms with Crippen LogP contribution in [-0.2, 0) is 16.0 Å². The van der Waals surface area contributed by atoms with Crippen molar-refractivity contribution in [2.75, 3.05) is 5.75 Å². The number of thioether (sulfide) groups is 1. The van der Waals surface area contributed by atoms with E-state index >= 15 is 0 Å². The van der Waals surface area contributed by atoms with Gasteiger partial charge in [0.1, 0.15) is 17.0 Å². The van der Waals surface area contributed by atoms with Crippen LogP contribution in [0.4, 0.5) is 0 Å². The van der Waals surface area contributed by atoms with Gasteiger partial charge in [-0.05, 0) is 32.1 Å². The Morgan fingerprint density at radius 3 is 2.55 bits per heavy atom. The SMILES string of the molecule is CCSC1=NC=NC1(Cc1ccccc1)C(=O)OC(C)(C)C. The normalized spacial score (nSPS) is 20.8. The first-order valence-corrected chi connectivity index (χ1v) is 8.38. The van der Waals surface area contributed by atoms with Gasteiger partial charge in [0.25, 0.3) is 0 Å². The quantitative estimate of drug-likeness (QED) is 0.798. The smallest absolute Gasteiger partial charge is 0.341 e. The highest BCUT2D eigenvalue weighted by molar-refractivity contribution is 8.14. The van der Waals surface area contributed by atoms with Crippen LogP contribution >= 0.6 is 11.8 Å². The molecule has 0 spiro atoms. The second kappa shape index (κ2) is 6.65. The van der Waals surface area contributed by atoms with Crippen LogP contribution < -0.4 is 0 Å². The van der Waals surface area contributed by atoms with Crippen LogP contribution in [0.5, 0.6) is 0 Å². The van der Waals surface area contributed by atoms with E-state index in [0.717, 1.165) is 11.3 Å². The van der Waals surface area contributed by atoms with Gasteiger partial charge >= 0.3 is 5.97 Å². The molecule has 1 aromatic rings. The summed E-state index contributed by atoms with van der Waals surface area (Å²) < 4.78 is 5.63. The molecule has 0 radical (unpaired) electrons. The van der Waals surface area contributed by atoms with Crippen molar-refractivity contribution >= 4 is 29.1 Å². The molecule has 0 aromatic heterocycles. The molecule has 1 aromatic carbocycles. The maximum absolute atomic E-state index is 12.8. The molecule has 1 heterocycles. The third-order valence-electron chi connectivity index (χ3n) is 3.13. The van der Waals surface area contributed by atoms with Gasteiger partial charge < -0.3 is 4.74 Å². The summed E-state index contributed by atoms with van der Waals surface area (Å²) in [4.78, 5) is 21.6. The van der Waals surface area contributed by atoms with Crippen molar-refractivity contribution in [2.24, 2.45) is 9.98 Å². The molecule has 2 rings (SSSR count). The lowest BCUT2D eigenvalue weighted by Crippen LogP contribution is -2.47. The predicted molar refractivity (Wildman–Crippen MR) is 92.8 cm³/mol. The maximum Gasteiger partial charge on any atom is 0.341 e. The zero-order valence-electron chi connectivity index (χ0n) is 13.5. The van der Waals surface area contributed by atoms with E-state index in [1.54, 1.807) is 11.8 Å². The van der Waals surface area contributed by atoms with E-state index in [-0.39, 0.29) is 5.97 Å². The Balaban J connectivity index is 2.35. The van der Waals surface area contributed by atoms with Gasteiger partial charge in [-0.2, -0.15) is 0 Å². The Morgan fingerprint density at radius 2 is 1.95 bits per heavy atom. The second-order valence-corrected chi connectivity index (χ2v) is 7.39.